The van der Waals surface area contributed by atoms with Crippen LogP contribution in [0, 0.1) is 0 Å². The Kier molecular flexibility index (Phi) is 23.1. The fourth-order valence-electron chi connectivity index (χ4n) is 8.54. The summed E-state index contributed by atoms with van der Waals surface area (Å²) in [7, 11) is 0. The molecule has 78 heavy (non-hydrogen) atoms. The molecule has 0 spiro atoms. The van der Waals surface area contributed by atoms with Gasteiger partial charge in [0.25, 0.3) is 0 Å². The standard InChI is InChI=1S/C46H69N15O17/c1-20(37(68)59-36(23(4)64)45(76)61-12-6-8-31(61)41(72)54-26(46(77)78)9-10-33(66)67)53-38(69)29(15-32(47)65)55-39(70)27(13-24-16-49-18-51-24)57-43(74)35(22(3)63)58-40(71)28(14-25-17-50-19-52-25)56-42(73)30-7-5-11-60(30)44(75)34(48)21(2)62/h16-23,26-31,34-36,62-64H,5-15,48H2,1-4H3,(H2,47,65)(H,49,51)(H,50,52)(H,53,69)(H,54,72)(H,55,70)(H,56,73)(H,57,74)(H,58,71)(H,59,68)(H,66,67)(H,77,78)/t20-,21+,22+,23+,26-,27-,28-,29-,30-,31-,34-,35-,36-/m0/s1. The lowest BCUT2D eigenvalue weighted by atomic mass is 10.0. The van der Waals surface area contributed by atoms with E-state index in [1.54, 1.807) is 0 Å². The fraction of sp³-hybridized carbons (Fsp3) is 0.609. The van der Waals surface area contributed by atoms with Crippen molar-refractivity contribution in [3.63, 3.8) is 0 Å². The van der Waals surface area contributed by atoms with E-state index in [-0.39, 0.29) is 50.9 Å². The summed E-state index contributed by atoms with van der Waals surface area (Å²) in [6.45, 7) is 4.83. The molecule has 4 rings (SSSR count). The van der Waals surface area contributed by atoms with Crippen molar-refractivity contribution in [3.8, 4) is 0 Å². The zero-order chi connectivity index (χ0) is 58.1. The summed E-state index contributed by atoms with van der Waals surface area (Å²) in [5.74, 6) is -12.8. The molecule has 2 aliphatic heterocycles. The van der Waals surface area contributed by atoms with Gasteiger partial charge in [-0.15, -0.1) is 0 Å². The maximum Gasteiger partial charge on any atom is 0.326 e. The number of aromatic nitrogens is 4. The zero-order valence-corrected chi connectivity index (χ0v) is 43.2. The summed E-state index contributed by atoms with van der Waals surface area (Å²) in [6, 6.07) is -15.4. The van der Waals surface area contributed by atoms with Gasteiger partial charge in [0.05, 0.1) is 37.4 Å². The molecular weight excluding hydrogens is 1030 g/mol. The number of amides is 10. The number of aliphatic hydroxyl groups excluding tert-OH is 3. The highest BCUT2D eigenvalue weighted by Crippen LogP contribution is 2.21. The molecule has 2 saturated heterocycles. The third-order valence-electron chi connectivity index (χ3n) is 12.9. The number of carboxylic acid groups (broad SMARTS) is 2. The average molecular weight is 1100 g/mol. The van der Waals surface area contributed by atoms with E-state index in [2.05, 4.69) is 57.2 Å². The number of primary amides is 1. The number of aliphatic hydroxyl groups is 3. The first-order valence-corrected chi connectivity index (χ1v) is 24.9. The van der Waals surface area contributed by atoms with E-state index >= 15 is 0 Å². The van der Waals surface area contributed by atoms with Crippen LogP contribution in [0.4, 0.5) is 0 Å². The van der Waals surface area contributed by atoms with Gasteiger partial charge in [-0.05, 0) is 59.8 Å². The number of carbonyl (C=O) groups excluding carboxylic acids is 10. The molecule has 32 nitrogen and oxygen atoms in total. The fourth-order valence-corrected chi connectivity index (χ4v) is 8.54. The third kappa shape index (κ3) is 17.7. The SMILES string of the molecule is C[C@H](NC(=O)[C@H](CC(N)=O)NC(=O)[C@H](Cc1cnc[nH]1)NC(=O)[C@@H](NC(=O)[C@H](Cc1cnc[nH]1)NC(=O)[C@@H]1CCCN1C(=O)[C@@H](N)[C@@H](C)O)[C@@H](C)O)C(=O)N[C@H](C(=O)N1CCC[C@H]1C(=O)N[C@@H](CCC(=O)O)C(=O)O)[C@@H](C)O. The Morgan fingerprint density at radius 1 is 0.603 bits per heavy atom. The summed E-state index contributed by atoms with van der Waals surface area (Å²) in [5, 5.41) is 66.4. The van der Waals surface area contributed by atoms with Crippen LogP contribution in [-0.2, 0) is 70.4 Å². The molecule has 13 atom stereocenters. The molecular formula is C46H69N15O17. The number of likely N-dealkylation sites (tertiary alicyclic amines) is 2. The number of carbonyl (C=O) groups is 12. The van der Waals surface area contributed by atoms with Gasteiger partial charge >= 0.3 is 11.9 Å². The van der Waals surface area contributed by atoms with Crippen LogP contribution in [0.25, 0.3) is 0 Å². The van der Waals surface area contributed by atoms with E-state index in [0.29, 0.717) is 12.1 Å². The minimum Gasteiger partial charge on any atom is -0.481 e. The monoisotopic (exact) mass is 1100 g/mol. The topological polar surface area (TPSA) is 506 Å². The lowest BCUT2D eigenvalue weighted by Gasteiger charge is -2.31. The molecule has 18 N–H and O–H groups in total. The van der Waals surface area contributed by atoms with Crippen LogP contribution in [0.1, 0.15) is 84.0 Å². The lowest BCUT2D eigenvalue weighted by Crippen LogP contribution is -2.62. The molecule has 0 radical (unpaired) electrons. The Balaban J connectivity index is 1.48. The summed E-state index contributed by atoms with van der Waals surface area (Å²) in [4.78, 5) is 174. The van der Waals surface area contributed by atoms with Crippen molar-refractivity contribution in [3.05, 3.63) is 36.4 Å². The normalized spacial score (nSPS) is 19.4. The molecule has 0 bridgehead atoms. The number of nitrogens with two attached hydrogens (primary N) is 2. The van der Waals surface area contributed by atoms with Crippen molar-refractivity contribution in [2.45, 2.75) is 164 Å². The number of aromatic amines is 2. The minimum absolute atomic E-state index is 0.0526. The number of carboxylic acids is 2. The molecule has 2 aromatic heterocycles. The largest absolute Gasteiger partial charge is 0.481 e. The summed E-state index contributed by atoms with van der Waals surface area (Å²) in [6.07, 6.45) is -0.931. The van der Waals surface area contributed by atoms with E-state index in [1.807, 2.05) is 0 Å². The van der Waals surface area contributed by atoms with Gasteiger partial charge in [0.2, 0.25) is 59.1 Å². The number of hydrogen-bond donors (Lipinski definition) is 16. The molecule has 4 heterocycles. The number of imidazole rings is 2. The van der Waals surface area contributed by atoms with Crippen LogP contribution in [0.15, 0.2) is 25.0 Å². The average Bonchev–Trinajstić information content (AvgIpc) is 4.25. The molecule has 2 aromatic rings. The highest BCUT2D eigenvalue weighted by molar-refractivity contribution is 6.00. The van der Waals surface area contributed by atoms with Crippen LogP contribution in [0.5, 0.6) is 0 Å². The number of nitrogens with zero attached hydrogens (tertiary/aromatic N) is 4. The van der Waals surface area contributed by atoms with Gasteiger partial charge in [0.1, 0.15) is 60.4 Å². The van der Waals surface area contributed by atoms with Crippen molar-refractivity contribution in [2.24, 2.45) is 11.5 Å². The smallest absolute Gasteiger partial charge is 0.326 e. The second-order valence-corrected chi connectivity index (χ2v) is 19.1. The molecule has 10 amide bonds. The molecule has 2 fully saturated rings. The van der Waals surface area contributed by atoms with E-state index < -0.39 is 169 Å². The maximum atomic E-state index is 14.1. The van der Waals surface area contributed by atoms with Crippen molar-refractivity contribution in [1.29, 1.82) is 0 Å². The Hall–Kier alpha value is -8.10. The zero-order valence-electron chi connectivity index (χ0n) is 43.2. The predicted molar refractivity (Wildman–Crippen MR) is 265 cm³/mol. The van der Waals surface area contributed by atoms with E-state index in [9.17, 15) is 78.0 Å². The van der Waals surface area contributed by atoms with Crippen molar-refractivity contribution < 1.29 is 83.1 Å². The highest BCUT2D eigenvalue weighted by Gasteiger charge is 2.43. The van der Waals surface area contributed by atoms with Gasteiger partial charge in [-0.1, -0.05) is 0 Å². The van der Waals surface area contributed by atoms with Gasteiger partial charge in [-0.2, -0.15) is 0 Å². The number of H-pyrrole nitrogens is 2. The van der Waals surface area contributed by atoms with E-state index in [0.717, 1.165) is 25.7 Å². The molecule has 0 unspecified atom stereocenters. The Labute approximate surface area is 445 Å². The second-order valence-electron chi connectivity index (χ2n) is 19.1. The van der Waals surface area contributed by atoms with Crippen molar-refractivity contribution in [2.75, 3.05) is 13.1 Å². The quantitative estimate of drug-likeness (QED) is 0.0360. The van der Waals surface area contributed by atoms with Crippen LogP contribution >= 0.6 is 0 Å². The van der Waals surface area contributed by atoms with Gasteiger partial charge in [-0.3, -0.25) is 52.7 Å². The van der Waals surface area contributed by atoms with E-state index in [1.165, 1.54) is 36.9 Å². The van der Waals surface area contributed by atoms with Crippen LogP contribution in [0.2, 0.25) is 0 Å². The summed E-state index contributed by atoms with van der Waals surface area (Å²) in [5.41, 5.74) is 11.9. The van der Waals surface area contributed by atoms with Gasteiger partial charge < -0.3 is 94.0 Å². The summed E-state index contributed by atoms with van der Waals surface area (Å²) >= 11 is 0. The van der Waals surface area contributed by atoms with Gasteiger partial charge in [-0.25, -0.2) is 14.8 Å². The second kappa shape index (κ2) is 28.9. The first kappa shape index (κ1) is 62.4. The van der Waals surface area contributed by atoms with Crippen LogP contribution < -0.4 is 48.7 Å². The molecule has 0 aliphatic carbocycles. The first-order chi connectivity index (χ1) is 36.7. The Bertz CT molecular complexity index is 2470. The minimum atomic E-state index is -1.84. The number of nitrogens with one attached hydrogen (secondary N) is 9. The molecule has 2 aliphatic rings. The molecule has 0 aromatic carbocycles. The van der Waals surface area contributed by atoms with Crippen molar-refractivity contribution >= 4 is 71.0 Å². The lowest BCUT2D eigenvalue weighted by molar-refractivity contribution is -0.146. The van der Waals surface area contributed by atoms with Crippen molar-refractivity contribution in [1.82, 2.24) is 67.0 Å². The third-order valence-corrected chi connectivity index (χ3v) is 12.9. The Morgan fingerprint density at radius 3 is 1.53 bits per heavy atom. The summed E-state index contributed by atoms with van der Waals surface area (Å²) < 4.78 is 0. The van der Waals surface area contributed by atoms with Crippen LogP contribution in [-0.4, -0.2) is 218 Å². The number of rotatable bonds is 29. The van der Waals surface area contributed by atoms with E-state index in [4.69, 9.17) is 16.6 Å². The van der Waals surface area contributed by atoms with Gasteiger partial charge in [0, 0.05) is 56.1 Å². The Morgan fingerprint density at radius 2 is 1.06 bits per heavy atom. The van der Waals surface area contributed by atoms with Crippen LogP contribution in [0.3, 0.4) is 0 Å². The predicted octanol–water partition coefficient (Wildman–Crippen LogP) is -7.39. The highest BCUT2D eigenvalue weighted by atomic mass is 16.4. The first-order valence-electron chi connectivity index (χ1n) is 24.9. The molecule has 430 valence electrons. The molecule has 0 saturated carbocycles. The van der Waals surface area contributed by atoms with Gasteiger partial charge in [0.15, 0.2) is 0 Å². The maximum absolute atomic E-state index is 14.1. The number of hydrogen-bond acceptors (Lipinski definition) is 18. The molecule has 32 heteroatoms. The number of aliphatic carboxylic acids is 2.